The molecule has 0 bridgehead atoms. The quantitative estimate of drug-likeness (QED) is 0.302. The number of aliphatic hydroxyl groups excluding tert-OH is 1. The maximum atomic E-state index is 13.3. The number of hydrogen-bond acceptors (Lipinski definition) is 8. The van der Waals surface area contributed by atoms with Gasteiger partial charge in [-0.25, -0.2) is 8.78 Å². The number of halogens is 2. The Hall–Kier alpha value is -0.460. The lowest BCUT2D eigenvalue weighted by Crippen LogP contribution is -2.60. The lowest BCUT2D eigenvalue weighted by Gasteiger charge is -2.64. The van der Waals surface area contributed by atoms with Crippen molar-refractivity contribution in [1.29, 1.82) is 0 Å². The molecule has 8 fully saturated rings. The molecular formula is C41H68F2N2O6. The van der Waals surface area contributed by atoms with Crippen LogP contribution in [0.15, 0.2) is 0 Å². The van der Waals surface area contributed by atoms with Crippen LogP contribution in [0.3, 0.4) is 0 Å². The lowest BCUT2D eigenvalue weighted by molar-refractivity contribution is -0.249. The van der Waals surface area contributed by atoms with Crippen LogP contribution in [-0.4, -0.2) is 121 Å². The molecule has 8 nitrogen and oxygen atoms in total. The monoisotopic (exact) mass is 723 g/mol. The van der Waals surface area contributed by atoms with E-state index in [1.54, 1.807) is 0 Å². The Morgan fingerprint density at radius 3 is 2.33 bits per heavy atom. The number of rotatable bonds is 9. The fraction of sp³-hybridized carbons (Fsp3) is 1.00. The zero-order valence-electron chi connectivity index (χ0n) is 32.8. The highest BCUT2D eigenvalue weighted by atomic mass is 19.3. The maximum Gasteiger partial charge on any atom is 0.272 e. The molecule has 5 aliphatic carbocycles. The molecule has 0 amide bonds. The summed E-state index contributed by atoms with van der Waals surface area (Å²) in [6, 6.07) is 0. The van der Waals surface area contributed by atoms with Crippen molar-refractivity contribution in [3.63, 3.8) is 0 Å². The van der Waals surface area contributed by atoms with E-state index in [0.717, 1.165) is 45.2 Å². The van der Waals surface area contributed by atoms with Gasteiger partial charge in [-0.2, -0.15) is 0 Å². The second-order valence-corrected chi connectivity index (χ2v) is 20.4. The minimum absolute atomic E-state index is 0.00173. The minimum atomic E-state index is -2.52. The topological polar surface area (TPSA) is 83.9 Å². The number of nitrogens with zero attached hydrogens (tertiary/aromatic N) is 2. The molecule has 3 aliphatic heterocycles. The molecule has 3 heterocycles. The second-order valence-electron chi connectivity index (χ2n) is 20.4. The summed E-state index contributed by atoms with van der Waals surface area (Å²) in [6.07, 6.45) is 7.34. The van der Waals surface area contributed by atoms with Gasteiger partial charge >= 0.3 is 0 Å². The zero-order valence-corrected chi connectivity index (χ0v) is 32.8. The molecule has 10 heteroatoms. The number of fused-ring (bicyclic) bond motifs is 4. The van der Waals surface area contributed by atoms with Gasteiger partial charge in [0.05, 0.1) is 49.7 Å². The van der Waals surface area contributed by atoms with E-state index in [-0.39, 0.29) is 65.3 Å². The van der Waals surface area contributed by atoms with E-state index >= 15 is 0 Å². The Labute approximate surface area is 305 Å². The number of alkyl halides is 2. The van der Waals surface area contributed by atoms with Crippen molar-refractivity contribution in [2.75, 3.05) is 52.5 Å². The minimum Gasteiger partial charge on any atom is -0.390 e. The Bertz CT molecular complexity index is 1320. The zero-order chi connectivity index (χ0) is 36.6. The standard InChI is InChI=1S/C41H68F2N2O6/c1-9-48-34(36(5,6)47)26-20-25(2)31-32(50-26)33(46)38(8)28-11-10-27-35(3,4)29(12-13-39(27)22-40(28,39)15-14-37(31,38)7)51-30-21-44(18-19-49-30)16-17-45-23-41(42,43)24-45/h25-34,46-47H,9-24H2,1-8H3. The van der Waals surface area contributed by atoms with Gasteiger partial charge in [-0.3, -0.25) is 9.80 Å². The van der Waals surface area contributed by atoms with Crippen LogP contribution in [0.1, 0.15) is 107 Å². The highest BCUT2D eigenvalue weighted by Gasteiger charge is 2.84. The Morgan fingerprint density at radius 1 is 0.961 bits per heavy atom. The molecule has 51 heavy (non-hydrogen) atoms. The van der Waals surface area contributed by atoms with E-state index in [0.29, 0.717) is 49.5 Å². The summed E-state index contributed by atoms with van der Waals surface area (Å²) in [4.78, 5) is 4.16. The maximum absolute atomic E-state index is 13.3. The summed E-state index contributed by atoms with van der Waals surface area (Å²) in [5.74, 6) is -0.844. The molecule has 0 aromatic carbocycles. The second kappa shape index (κ2) is 12.3. The average molecular weight is 723 g/mol. The number of likely N-dealkylation sites (tertiary alicyclic amines) is 1. The largest absolute Gasteiger partial charge is 0.390 e. The smallest absolute Gasteiger partial charge is 0.272 e. The van der Waals surface area contributed by atoms with Crippen LogP contribution in [-0.2, 0) is 18.9 Å². The first-order valence-corrected chi connectivity index (χ1v) is 20.6. The molecule has 2 N–H and O–H groups in total. The summed E-state index contributed by atoms with van der Waals surface area (Å²) >= 11 is 0. The molecule has 0 aromatic heterocycles. The van der Waals surface area contributed by atoms with Gasteiger partial charge in [-0.1, -0.05) is 34.6 Å². The fourth-order valence-corrected chi connectivity index (χ4v) is 14.9. The molecule has 8 rings (SSSR count). The highest BCUT2D eigenvalue weighted by molar-refractivity contribution is 5.33. The summed E-state index contributed by atoms with van der Waals surface area (Å²) in [5, 5.41) is 23.7. The molecule has 0 radical (unpaired) electrons. The van der Waals surface area contributed by atoms with Crippen molar-refractivity contribution < 1.29 is 37.9 Å². The summed E-state index contributed by atoms with van der Waals surface area (Å²) < 4.78 is 52.8. The Balaban J connectivity index is 0.968. The van der Waals surface area contributed by atoms with E-state index < -0.39 is 23.7 Å². The van der Waals surface area contributed by atoms with Gasteiger partial charge in [0.15, 0.2) is 6.29 Å². The van der Waals surface area contributed by atoms with Crippen molar-refractivity contribution in [1.82, 2.24) is 9.80 Å². The molecular weight excluding hydrogens is 654 g/mol. The number of aliphatic hydroxyl groups is 2. The van der Waals surface area contributed by atoms with E-state index in [9.17, 15) is 19.0 Å². The van der Waals surface area contributed by atoms with Crippen molar-refractivity contribution in [2.24, 2.45) is 50.7 Å². The number of morpholine rings is 1. The van der Waals surface area contributed by atoms with Crippen molar-refractivity contribution in [2.45, 2.75) is 155 Å². The van der Waals surface area contributed by atoms with Crippen molar-refractivity contribution in [3.05, 3.63) is 0 Å². The van der Waals surface area contributed by atoms with Gasteiger partial charge in [0, 0.05) is 38.2 Å². The van der Waals surface area contributed by atoms with Gasteiger partial charge in [0.1, 0.15) is 6.10 Å². The Kier molecular flexibility index (Phi) is 9.01. The van der Waals surface area contributed by atoms with Crippen LogP contribution < -0.4 is 0 Å². The Morgan fingerprint density at radius 2 is 1.65 bits per heavy atom. The SMILES string of the molecule is CCOC(C1CC(C)C2C(O1)C(O)C1(C)C3CCC4C(C)(C)C(OC5CN(CCN6CC(F)(F)C6)CCO5)CCC45CC35CCC21C)C(C)(C)O. The van der Waals surface area contributed by atoms with Crippen molar-refractivity contribution in [3.8, 4) is 0 Å². The molecule has 5 saturated carbocycles. The van der Waals surface area contributed by atoms with Gasteiger partial charge < -0.3 is 29.2 Å². The first kappa shape index (κ1) is 37.5. The lowest BCUT2D eigenvalue weighted by atomic mass is 9.41. The third-order valence-corrected chi connectivity index (χ3v) is 17.2. The highest BCUT2D eigenvalue weighted by Crippen LogP contribution is 2.89. The van der Waals surface area contributed by atoms with Crippen LogP contribution in [0.5, 0.6) is 0 Å². The molecule has 292 valence electrons. The van der Waals surface area contributed by atoms with E-state index in [2.05, 4.69) is 39.5 Å². The van der Waals surface area contributed by atoms with Crippen molar-refractivity contribution >= 4 is 0 Å². The van der Waals surface area contributed by atoms with Crippen LogP contribution in [0.2, 0.25) is 0 Å². The number of hydrogen-bond donors (Lipinski definition) is 2. The molecule has 14 atom stereocenters. The first-order chi connectivity index (χ1) is 23.8. The molecule has 8 aliphatic rings. The third-order valence-electron chi connectivity index (χ3n) is 17.2. The normalized spacial score (nSPS) is 50.9. The van der Waals surface area contributed by atoms with E-state index in [1.807, 2.05) is 25.7 Å². The van der Waals surface area contributed by atoms with Gasteiger partial charge in [-0.15, -0.1) is 0 Å². The molecule has 2 spiro atoms. The molecule has 14 unspecified atom stereocenters. The predicted molar refractivity (Wildman–Crippen MR) is 190 cm³/mol. The number of ether oxygens (including phenoxy) is 4. The third kappa shape index (κ3) is 5.43. The first-order valence-electron chi connectivity index (χ1n) is 20.6. The van der Waals surface area contributed by atoms with Gasteiger partial charge in [-0.05, 0) is 117 Å². The molecule has 0 aromatic rings. The van der Waals surface area contributed by atoms with E-state index in [4.69, 9.17) is 18.9 Å². The van der Waals surface area contributed by atoms with Crippen LogP contribution in [0.25, 0.3) is 0 Å². The predicted octanol–water partition coefficient (Wildman–Crippen LogP) is 5.97. The molecule has 3 saturated heterocycles. The van der Waals surface area contributed by atoms with Crippen LogP contribution in [0, 0.1) is 50.7 Å². The summed E-state index contributed by atoms with van der Waals surface area (Å²) in [7, 11) is 0. The summed E-state index contributed by atoms with van der Waals surface area (Å²) in [6.45, 7) is 21.6. The fourth-order valence-electron chi connectivity index (χ4n) is 14.9. The summed E-state index contributed by atoms with van der Waals surface area (Å²) in [5.41, 5.74) is -0.726. The van der Waals surface area contributed by atoms with Gasteiger partial charge in [0.2, 0.25) is 0 Å². The van der Waals surface area contributed by atoms with Gasteiger partial charge in [0.25, 0.3) is 5.92 Å². The van der Waals surface area contributed by atoms with E-state index in [1.165, 1.54) is 19.3 Å². The van der Waals surface area contributed by atoms with Crippen LogP contribution in [0.4, 0.5) is 8.78 Å². The average Bonchev–Trinajstić information content (AvgIpc) is 3.67. The van der Waals surface area contributed by atoms with Crippen LogP contribution >= 0.6 is 0 Å².